The van der Waals surface area contributed by atoms with Crippen molar-refractivity contribution in [2.24, 2.45) is 0 Å². The highest BCUT2D eigenvalue weighted by molar-refractivity contribution is 7.48. The van der Waals surface area contributed by atoms with Crippen molar-refractivity contribution in [3.63, 3.8) is 0 Å². The Kier molecular flexibility index (Phi) is 8.30. The highest BCUT2D eigenvalue weighted by Crippen LogP contribution is 2.57. The zero-order valence-corrected chi connectivity index (χ0v) is 28.0. The smallest absolute Gasteiger partial charge is 0.281 e. The van der Waals surface area contributed by atoms with E-state index in [1.165, 1.54) is 16.9 Å². The minimum absolute atomic E-state index is 0.0280. The first kappa shape index (κ1) is 33.8. The number of nitrogens with one attached hydrogen (secondary N) is 1. The number of hydrogen-bond acceptors (Lipinski definition) is 9. The van der Waals surface area contributed by atoms with Crippen molar-refractivity contribution in [2.45, 2.75) is 90.5 Å². The van der Waals surface area contributed by atoms with E-state index in [9.17, 15) is 27.3 Å². The molecule has 5 aromatic rings. The fraction of sp³-hybridized carbons (Fsp3) is 0.452. The zero-order chi connectivity index (χ0) is 34.8. The Hall–Kier alpha value is -4.11. The van der Waals surface area contributed by atoms with Crippen LogP contribution >= 0.6 is 7.82 Å². The predicted molar refractivity (Wildman–Crippen MR) is 170 cm³/mol. The molecule has 0 amide bonds. The number of benzene rings is 1. The lowest BCUT2D eigenvalue weighted by atomic mass is 10.0. The number of phosphoric ester groups is 1. The average Bonchev–Trinajstić information content (AvgIpc) is 3.42. The van der Waals surface area contributed by atoms with E-state index in [4.69, 9.17) is 13.6 Å². The van der Waals surface area contributed by atoms with E-state index < -0.39 is 49.7 Å². The van der Waals surface area contributed by atoms with E-state index in [0.717, 1.165) is 20.4 Å². The van der Waals surface area contributed by atoms with Gasteiger partial charge in [-0.2, -0.15) is 23.4 Å². The Morgan fingerprint density at radius 1 is 1.02 bits per heavy atom. The number of aromatic nitrogens is 7. The second-order valence-electron chi connectivity index (χ2n) is 13.7. The number of nitrogens with zero attached hydrogens (tertiary/aromatic N) is 6. The largest absolute Gasteiger partial charge is 0.477 e. The molecular formula is C31H35F3N7O6P. The molecule has 0 aliphatic heterocycles. The summed E-state index contributed by atoms with van der Waals surface area (Å²) < 4.78 is 73.3. The molecule has 0 unspecified atom stereocenters. The summed E-state index contributed by atoms with van der Waals surface area (Å²) in [6.45, 7) is 8.33. The summed E-state index contributed by atoms with van der Waals surface area (Å²) in [5.74, 6) is -0.101. The van der Waals surface area contributed by atoms with Crippen LogP contribution in [0, 0.1) is 0 Å². The van der Waals surface area contributed by atoms with Crippen LogP contribution in [0.25, 0.3) is 27.8 Å². The maximum atomic E-state index is 13.5. The van der Waals surface area contributed by atoms with E-state index in [-0.39, 0.29) is 23.1 Å². The number of halogens is 3. The van der Waals surface area contributed by atoms with Gasteiger partial charge >= 0.3 is 19.7 Å². The molecule has 17 heteroatoms. The summed E-state index contributed by atoms with van der Waals surface area (Å²) in [6, 6.07) is 7.08. The van der Waals surface area contributed by atoms with Crippen LogP contribution in [0.15, 0.2) is 58.6 Å². The Labute approximate surface area is 272 Å². The molecule has 256 valence electrons. The molecule has 0 spiro atoms. The number of alkyl halides is 3. The molecule has 2 atom stereocenters. The summed E-state index contributed by atoms with van der Waals surface area (Å²) >= 11 is 0. The third-order valence-electron chi connectivity index (χ3n) is 7.42. The van der Waals surface area contributed by atoms with Gasteiger partial charge in [0.15, 0.2) is 5.65 Å². The molecule has 0 saturated heterocycles. The summed E-state index contributed by atoms with van der Waals surface area (Å²) in [4.78, 5) is 32.6. The van der Waals surface area contributed by atoms with Crippen LogP contribution < -0.4 is 11.2 Å². The van der Waals surface area contributed by atoms with E-state index in [1.54, 1.807) is 72.1 Å². The summed E-state index contributed by atoms with van der Waals surface area (Å²) in [5.41, 5.74) is -0.490. The van der Waals surface area contributed by atoms with Gasteiger partial charge in [-0.05, 0) is 77.5 Å². The summed E-state index contributed by atoms with van der Waals surface area (Å²) in [6.07, 6.45) is 2.13. The van der Waals surface area contributed by atoms with Crippen LogP contribution in [-0.4, -0.2) is 51.3 Å². The molecule has 1 aliphatic carbocycles. The van der Waals surface area contributed by atoms with Gasteiger partial charge in [-0.25, -0.2) is 18.9 Å². The molecule has 6 rings (SSSR count). The molecule has 1 N–H and O–H groups in total. The van der Waals surface area contributed by atoms with Gasteiger partial charge in [0, 0.05) is 29.5 Å². The topological polar surface area (TPSA) is 148 Å². The SMILES string of the molecule is CC(C)(C)OP(=O)(OCn1cc(-c2cc([C@@H]3C[C@H]3c3ccc4cnn(CC(F)(F)F)c4c3)c3nccn3n2)c(=O)[nH]c1=O)OC(C)(C)C. The van der Waals surface area contributed by atoms with Gasteiger partial charge in [0.25, 0.3) is 5.56 Å². The quantitative estimate of drug-likeness (QED) is 0.180. The van der Waals surface area contributed by atoms with Gasteiger partial charge in [0.2, 0.25) is 0 Å². The number of aromatic amines is 1. The Balaban J connectivity index is 1.32. The molecule has 4 aromatic heterocycles. The number of fused-ring (bicyclic) bond motifs is 2. The van der Waals surface area contributed by atoms with Gasteiger partial charge < -0.3 is 0 Å². The number of rotatable bonds is 9. The molecular weight excluding hydrogens is 654 g/mol. The number of H-pyrrole nitrogens is 1. The Morgan fingerprint density at radius 3 is 2.40 bits per heavy atom. The van der Waals surface area contributed by atoms with Gasteiger partial charge in [-0.3, -0.25) is 32.6 Å². The minimum Gasteiger partial charge on any atom is -0.281 e. The molecule has 1 aromatic carbocycles. The second-order valence-corrected chi connectivity index (χ2v) is 15.3. The second kappa shape index (κ2) is 11.8. The van der Waals surface area contributed by atoms with Crippen LogP contribution in [0.4, 0.5) is 13.2 Å². The van der Waals surface area contributed by atoms with Crippen LogP contribution in [0.1, 0.15) is 70.9 Å². The monoisotopic (exact) mass is 689 g/mol. The lowest BCUT2D eigenvalue weighted by Gasteiger charge is -2.30. The van der Waals surface area contributed by atoms with Crippen LogP contribution in [-0.2, 0) is 31.4 Å². The van der Waals surface area contributed by atoms with Gasteiger partial charge in [0.05, 0.1) is 34.2 Å². The highest BCUT2D eigenvalue weighted by atomic mass is 31.2. The third kappa shape index (κ3) is 7.46. The lowest BCUT2D eigenvalue weighted by Crippen LogP contribution is -2.32. The zero-order valence-electron chi connectivity index (χ0n) is 27.1. The van der Waals surface area contributed by atoms with E-state index in [0.29, 0.717) is 23.0 Å². The third-order valence-corrected chi connectivity index (χ3v) is 9.39. The van der Waals surface area contributed by atoms with Crippen molar-refractivity contribution in [1.29, 1.82) is 0 Å². The van der Waals surface area contributed by atoms with Crippen molar-refractivity contribution in [1.82, 2.24) is 33.9 Å². The minimum atomic E-state index is -4.41. The van der Waals surface area contributed by atoms with Gasteiger partial charge in [0.1, 0.15) is 13.3 Å². The predicted octanol–water partition coefficient (Wildman–Crippen LogP) is 6.14. The highest BCUT2D eigenvalue weighted by Gasteiger charge is 2.42. The fourth-order valence-electron chi connectivity index (χ4n) is 5.53. The molecule has 48 heavy (non-hydrogen) atoms. The molecule has 0 bridgehead atoms. The maximum absolute atomic E-state index is 13.5. The molecule has 4 heterocycles. The fourth-order valence-corrected chi connectivity index (χ4v) is 7.28. The van der Waals surface area contributed by atoms with Crippen molar-refractivity contribution in [3.8, 4) is 11.3 Å². The lowest BCUT2D eigenvalue weighted by molar-refractivity contribution is -0.141. The average molecular weight is 690 g/mol. The van der Waals surface area contributed by atoms with Crippen LogP contribution in [0.2, 0.25) is 0 Å². The first-order valence-electron chi connectivity index (χ1n) is 15.1. The molecule has 13 nitrogen and oxygen atoms in total. The molecule has 1 saturated carbocycles. The molecule has 1 aliphatic rings. The van der Waals surface area contributed by atoms with Gasteiger partial charge in [-0.15, -0.1) is 0 Å². The number of hydrogen-bond donors (Lipinski definition) is 1. The van der Waals surface area contributed by atoms with Crippen LogP contribution in [0.3, 0.4) is 0 Å². The van der Waals surface area contributed by atoms with E-state index in [2.05, 4.69) is 20.2 Å². The first-order valence-corrected chi connectivity index (χ1v) is 16.6. The number of imidazole rings is 1. The van der Waals surface area contributed by atoms with Crippen molar-refractivity contribution < 1.29 is 31.3 Å². The first-order chi connectivity index (χ1) is 22.3. The van der Waals surface area contributed by atoms with Gasteiger partial charge in [-0.1, -0.05) is 12.1 Å². The summed E-state index contributed by atoms with van der Waals surface area (Å²) in [5, 5.41) is 9.07. The molecule has 0 radical (unpaired) electrons. The Bertz CT molecular complexity index is 2150. The van der Waals surface area contributed by atoms with Crippen molar-refractivity contribution >= 4 is 24.4 Å². The normalized spacial score (nSPS) is 17.4. The van der Waals surface area contributed by atoms with E-state index >= 15 is 0 Å². The van der Waals surface area contributed by atoms with Crippen molar-refractivity contribution in [2.75, 3.05) is 0 Å². The Morgan fingerprint density at radius 2 is 1.73 bits per heavy atom. The maximum Gasteiger partial charge on any atom is 0.477 e. The summed E-state index contributed by atoms with van der Waals surface area (Å²) in [7, 11) is -4.19. The molecule has 1 fully saturated rings. The number of phosphoric acid groups is 1. The van der Waals surface area contributed by atoms with Crippen molar-refractivity contribution in [3.05, 3.63) is 81.0 Å². The van der Waals surface area contributed by atoms with E-state index in [1.807, 2.05) is 6.07 Å². The van der Waals surface area contributed by atoms with Crippen LogP contribution in [0.5, 0.6) is 0 Å². The standard InChI is InChI=1S/C31H35F3N7O6P/c1-29(2,3)46-48(44,47-30(4,5)6)45-17-39-15-23(27(42)37-28(39)43)24-13-22(26-35-9-10-40(26)38-24)21-12-20(21)18-7-8-19-14-36-41(25(19)11-18)16-31(32,33)34/h7-11,13-15,20-21H,12,16-17H2,1-6H3,(H,37,42,43)/t20-,21+/m0/s1.